The molecule has 3 aliphatic carbocycles. The largest absolute Gasteiger partial charge is 0.447 e. The Morgan fingerprint density at radius 2 is 1.80 bits per heavy atom. The van der Waals surface area contributed by atoms with Crippen LogP contribution in [0.15, 0.2) is 0 Å². The lowest BCUT2D eigenvalue weighted by molar-refractivity contribution is 0.0701. The molecule has 1 N–H and O–H groups in total. The summed E-state index contributed by atoms with van der Waals surface area (Å²) in [7, 11) is 0. The van der Waals surface area contributed by atoms with Crippen molar-refractivity contribution in [3.63, 3.8) is 0 Å². The first-order valence-corrected chi connectivity index (χ1v) is 6.08. The molecular formula is C12H21NO2. The SMILES string of the molecule is CC(C)OC(=O)NC12CCC(CC1)CC2. The number of hydrogen-bond donors (Lipinski definition) is 1. The Labute approximate surface area is 91.6 Å². The molecule has 3 nitrogen and oxygen atoms in total. The zero-order valence-corrected chi connectivity index (χ0v) is 9.71. The van der Waals surface area contributed by atoms with E-state index in [9.17, 15) is 4.79 Å². The number of nitrogens with one attached hydrogen (secondary N) is 1. The zero-order valence-electron chi connectivity index (χ0n) is 9.71. The van der Waals surface area contributed by atoms with E-state index >= 15 is 0 Å². The summed E-state index contributed by atoms with van der Waals surface area (Å²) in [6.07, 6.45) is 7.01. The Bertz CT molecular complexity index is 228. The molecule has 0 atom stereocenters. The fourth-order valence-corrected chi connectivity index (χ4v) is 2.90. The molecule has 3 saturated carbocycles. The molecule has 0 aromatic heterocycles. The second-order valence-corrected chi connectivity index (χ2v) is 5.34. The van der Waals surface area contributed by atoms with Crippen LogP contribution in [0.25, 0.3) is 0 Å². The molecular weight excluding hydrogens is 190 g/mol. The van der Waals surface area contributed by atoms with Crippen molar-refractivity contribution in [1.82, 2.24) is 5.32 Å². The normalized spacial score (nSPS) is 34.2. The predicted molar refractivity (Wildman–Crippen MR) is 58.7 cm³/mol. The average molecular weight is 211 g/mol. The minimum absolute atomic E-state index is 0.0265. The summed E-state index contributed by atoms with van der Waals surface area (Å²) >= 11 is 0. The molecule has 2 bridgehead atoms. The van der Waals surface area contributed by atoms with Gasteiger partial charge in [0.15, 0.2) is 0 Å². The van der Waals surface area contributed by atoms with Crippen LogP contribution in [0.3, 0.4) is 0 Å². The lowest BCUT2D eigenvalue weighted by Crippen LogP contribution is -2.54. The van der Waals surface area contributed by atoms with Gasteiger partial charge in [-0.15, -0.1) is 0 Å². The number of carbonyl (C=O) groups excluding carboxylic acids is 1. The first-order chi connectivity index (χ1) is 7.10. The number of ether oxygens (including phenoxy) is 1. The van der Waals surface area contributed by atoms with Gasteiger partial charge in [-0.3, -0.25) is 0 Å². The smallest absolute Gasteiger partial charge is 0.407 e. The van der Waals surface area contributed by atoms with Gasteiger partial charge < -0.3 is 10.1 Å². The highest BCUT2D eigenvalue weighted by Gasteiger charge is 2.41. The van der Waals surface area contributed by atoms with Crippen molar-refractivity contribution in [3.05, 3.63) is 0 Å². The lowest BCUT2D eigenvalue weighted by Gasteiger charge is -2.46. The highest BCUT2D eigenvalue weighted by molar-refractivity contribution is 5.68. The molecule has 3 rings (SSSR count). The highest BCUT2D eigenvalue weighted by atomic mass is 16.6. The maximum atomic E-state index is 11.6. The molecule has 3 aliphatic rings. The minimum atomic E-state index is -0.231. The van der Waals surface area contributed by atoms with Crippen LogP contribution in [0, 0.1) is 5.92 Å². The third-order valence-corrected chi connectivity index (χ3v) is 3.80. The van der Waals surface area contributed by atoms with Crippen molar-refractivity contribution in [3.8, 4) is 0 Å². The van der Waals surface area contributed by atoms with E-state index in [1.54, 1.807) is 0 Å². The summed E-state index contributed by atoms with van der Waals surface area (Å²) < 4.78 is 5.15. The number of rotatable bonds is 2. The van der Waals surface area contributed by atoms with Gasteiger partial charge in [0.2, 0.25) is 0 Å². The lowest BCUT2D eigenvalue weighted by atomic mass is 9.66. The fraction of sp³-hybridized carbons (Fsp3) is 0.917. The summed E-state index contributed by atoms with van der Waals surface area (Å²) in [6.45, 7) is 3.77. The Hall–Kier alpha value is -0.730. The summed E-state index contributed by atoms with van der Waals surface area (Å²) in [6, 6.07) is 0. The summed E-state index contributed by atoms with van der Waals surface area (Å²) in [4.78, 5) is 11.6. The molecule has 15 heavy (non-hydrogen) atoms. The van der Waals surface area contributed by atoms with Crippen LogP contribution >= 0.6 is 0 Å². The van der Waals surface area contributed by atoms with Gasteiger partial charge in [0.25, 0.3) is 0 Å². The maximum Gasteiger partial charge on any atom is 0.407 e. The number of hydrogen-bond acceptors (Lipinski definition) is 2. The molecule has 3 fully saturated rings. The van der Waals surface area contributed by atoms with E-state index in [2.05, 4.69) is 5.32 Å². The van der Waals surface area contributed by atoms with Crippen LogP contribution < -0.4 is 5.32 Å². The van der Waals surface area contributed by atoms with Crippen LogP contribution in [0.2, 0.25) is 0 Å². The van der Waals surface area contributed by atoms with E-state index in [1.165, 1.54) is 19.3 Å². The maximum absolute atomic E-state index is 11.6. The van der Waals surface area contributed by atoms with Gasteiger partial charge in [-0.25, -0.2) is 4.79 Å². The highest BCUT2D eigenvalue weighted by Crippen LogP contribution is 2.44. The number of amides is 1. The molecule has 86 valence electrons. The van der Waals surface area contributed by atoms with Gasteiger partial charge in [-0.2, -0.15) is 0 Å². The molecule has 0 aromatic carbocycles. The van der Waals surface area contributed by atoms with Gasteiger partial charge in [-0.05, 0) is 58.3 Å². The quantitative estimate of drug-likeness (QED) is 0.762. The summed E-state index contributed by atoms with van der Waals surface area (Å²) in [5, 5.41) is 3.09. The van der Waals surface area contributed by atoms with Crippen molar-refractivity contribution < 1.29 is 9.53 Å². The molecule has 3 heteroatoms. The Morgan fingerprint density at radius 3 is 2.27 bits per heavy atom. The molecule has 0 aromatic rings. The van der Waals surface area contributed by atoms with E-state index < -0.39 is 0 Å². The third-order valence-electron chi connectivity index (χ3n) is 3.80. The monoisotopic (exact) mass is 211 g/mol. The number of fused-ring (bicyclic) bond motifs is 3. The second kappa shape index (κ2) is 4.03. The van der Waals surface area contributed by atoms with E-state index in [4.69, 9.17) is 4.74 Å². The van der Waals surface area contributed by atoms with E-state index in [1.807, 2.05) is 13.8 Å². The van der Waals surface area contributed by atoms with Crippen LogP contribution in [0.4, 0.5) is 4.79 Å². The molecule has 0 spiro atoms. The third kappa shape index (κ3) is 2.44. The van der Waals surface area contributed by atoms with Crippen molar-refractivity contribution >= 4 is 6.09 Å². The standard InChI is InChI=1S/C12H21NO2/c1-9(2)15-11(14)13-12-6-3-10(4-7-12)5-8-12/h9-10H,3-8H2,1-2H3,(H,13,14). The average Bonchev–Trinajstić information content (AvgIpc) is 2.18. The van der Waals surface area contributed by atoms with Crippen LogP contribution in [-0.2, 0) is 4.74 Å². The molecule has 0 saturated heterocycles. The van der Waals surface area contributed by atoms with E-state index in [-0.39, 0.29) is 17.7 Å². The second-order valence-electron chi connectivity index (χ2n) is 5.34. The Balaban J connectivity index is 1.89. The van der Waals surface area contributed by atoms with Crippen molar-refractivity contribution in [2.75, 3.05) is 0 Å². The minimum Gasteiger partial charge on any atom is -0.447 e. The predicted octanol–water partition coefficient (Wildman–Crippen LogP) is 2.84. The molecule has 1 amide bonds. The van der Waals surface area contributed by atoms with E-state index in [0.29, 0.717) is 0 Å². The summed E-state index contributed by atoms with van der Waals surface area (Å²) in [5.41, 5.74) is 0.0702. The van der Waals surface area contributed by atoms with Gasteiger partial charge in [-0.1, -0.05) is 0 Å². The number of carbonyl (C=O) groups is 1. The molecule has 0 heterocycles. The number of alkyl carbamates (subject to hydrolysis) is 1. The molecule has 0 unspecified atom stereocenters. The van der Waals surface area contributed by atoms with Crippen molar-refractivity contribution in [2.24, 2.45) is 5.92 Å². The van der Waals surface area contributed by atoms with Gasteiger partial charge in [0, 0.05) is 5.54 Å². The topological polar surface area (TPSA) is 38.3 Å². The molecule has 0 radical (unpaired) electrons. The van der Waals surface area contributed by atoms with Gasteiger partial charge in [0.1, 0.15) is 0 Å². The van der Waals surface area contributed by atoms with Crippen molar-refractivity contribution in [1.29, 1.82) is 0 Å². The van der Waals surface area contributed by atoms with Gasteiger partial charge >= 0.3 is 6.09 Å². The van der Waals surface area contributed by atoms with Crippen LogP contribution in [0.1, 0.15) is 52.4 Å². The molecule has 0 aliphatic heterocycles. The van der Waals surface area contributed by atoms with Crippen LogP contribution in [-0.4, -0.2) is 17.7 Å². The zero-order chi connectivity index (χ0) is 10.9. The first-order valence-electron chi connectivity index (χ1n) is 6.08. The van der Waals surface area contributed by atoms with Gasteiger partial charge in [0.05, 0.1) is 6.10 Å². The Kier molecular flexibility index (Phi) is 2.89. The first kappa shape index (κ1) is 10.8. The summed E-state index contributed by atoms with van der Waals surface area (Å²) in [5.74, 6) is 0.926. The van der Waals surface area contributed by atoms with Crippen molar-refractivity contribution in [2.45, 2.75) is 64.0 Å². The van der Waals surface area contributed by atoms with Crippen LogP contribution in [0.5, 0.6) is 0 Å². The fourth-order valence-electron chi connectivity index (χ4n) is 2.90. The van der Waals surface area contributed by atoms with E-state index in [0.717, 1.165) is 25.2 Å². The Morgan fingerprint density at radius 1 is 1.27 bits per heavy atom.